The molecule has 8 heteroatoms. The fourth-order valence-corrected chi connectivity index (χ4v) is 4.29. The molecule has 6 nitrogen and oxygen atoms in total. The smallest absolute Gasteiger partial charge is 0.411 e. The number of piperidine rings is 2. The lowest BCUT2D eigenvalue weighted by atomic mass is 10.1. The fraction of sp³-hybridized carbons (Fsp3) is 0.708. The summed E-state index contributed by atoms with van der Waals surface area (Å²) in [6.07, 6.45) is 9.23. The molecule has 184 valence electrons. The van der Waals surface area contributed by atoms with E-state index in [1.807, 2.05) is 24.3 Å². The minimum Gasteiger partial charge on any atom is -0.494 e. The molecule has 1 amide bonds. The van der Waals surface area contributed by atoms with E-state index in [2.05, 4.69) is 22.0 Å². The Bertz CT molecular complexity index is 619. The molecular weight excluding hydrogens is 449 g/mol. The lowest BCUT2D eigenvalue weighted by molar-refractivity contribution is 0.0438. The van der Waals surface area contributed by atoms with Crippen LogP contribution in [0.4, 0.5) is 10.5 Å². The van der Waals surface area contributed by atoms with Gasteiger partial charge in [-0.05, 0) is 70.4 Å². The maximum Gasteiger partial charge on any atom is 0.411 e. The minimum atomic E-state index is -0.375. The molecule has 2 heterocycles. The summed E-state index contributed by atoms with van der Waals surface area (Å²) in [6.45, 7) is 8.92. The normalized spacial score (nSPS) is 17.2. The van der Waals surface area contributed by atoms with Crippen LogP contribution in [0.25, 0.3) is 0 Å². The number of carbonyl (C=O) groups is 1. The molecule has 0 aliphatic carbocycles. The van der Waals surface area contributed by atoms with Crippen molar-refractivity contribution in [2.24, 2.45) is 0 Å². The molecule has 0 bridgehead atoms. The molecule has 2 aliphatic heterocycles. The molecule has 1 aromatic carbocycles. The van der Waals surface area contributed by atoms with Gasteiger partial charge in [-0.2, -0.15) is 0 Å². The zero-order valence-electron chi connectivity index (χ0n) is 19.4. The van der Waals surface area contributed by atoms with Crippen LogP contribution < -0.4 is 10.1 Å². The molecule has 2 fully saturated rings. The third-order valence-electron chi connectivity index (χ3n) is 5.94. The van der Waals surface area contributed by atoms with Gasteiger partial charge in [0.15, 0.2) is 0 Å². The number of unbranched alkanes of at least 4 members (excludes halogenated alkanes) is 1. The van der Waals surface area contributed by atoms with E-state index in [9.17, 15) is 4.79 Å². The van der Waals surface area contributed by atoms with Crippen molar-refractivity contribution in [3.8, 4) is 5.75 Å². The van der Waals surface area contributed by atoms with Gasteiger partial charge in [-0.25, -0.2) is 4.79 Å². The van der Waals surface area contributed by atoms with E-state index in [-0.39, 0.29) is 37.0 Å². The number of ether oxygens (including phenoxy) is 2. The van der Waals surface area contributed by atoms with Crippen molar-refractivity contribution in [3.05, 3.63) is 24.3 Å². The molecule has 0 unspecified atom stereocenters. The predicted octanol–water partition coefficient (Wildman–Crippen LogP) is 5.60. The van der Waals surface area contributed by atoms with Crippen molar-refractivity contribution >= 4 is 36.6 Å². The van der Waals surface area contributed by atoms with Crippen LogP contribution in [0.1, 0.15) is 58.3 Å². The summed E-state index contributed by atoms with van der Waals surface area (Å²) in [5, 5.41) is 2.90. The number of likely N-dealkylation sites (tertiary alicyclic amines) is 2. The van der Waals surface area contributed by atoms with Crippen molar-refractivity contribution < 1.29 is 14.3 Å². The summed E-state index contributed by atoms with van der Waals surface area (Å²) in [5.41, 5.74) is 0.712. The second-order valence-corrected chi connectivity index (χ2v) is 8.60. The van der Waals surface area contributed by atoms with E-state index < -0.39 is 0 Å². The lowest BCUT2D eigenvalue weighted by Gasteiger charge is -2.34. The van der Waals surface area contributed by atoms with Gasteiger partial charge in [0.05, 0.1) is 6.61 Å². The first-order chi connectivity index (χ1) is 14.7. The summed E-state index contributed by atoms with van der Waals surface area (Å²) in [7, 11) is 0. The van der Waals surface area contributed by atoms with Crippen molar-refractivity contribution in [3.63, 3.8) is 0 Å². The second-order valence-electron chi connectivity index (χ2n) is 8.60. The first-order valence-corrected chi connectivity index (χ1v) is 11.9. The number of benzene rings is 1. The largest absolute Gasteiger partial charge is 0.494 e. The van der Waals surface area contributed by atoms with Gasteiger partial charge < -0.3 is 9.47 Å². The first kappa shape index (κ1) is 28.8. The van der Waals surface area contributed by atoms with Crippen molar-refractivity contribution in [2.75, 3.05) is 51.2 Å². The predicted molar refractivity (Wildman–Crippen MR) is 136 cm³/mol. The Morgan fingerprint density at radius 3 is 2.12 bits per heavy atom. The van der Waals surface area contributed by atoms with Crippen LogP contribution in [0, 0.1) is 0 Å². The lowest BCUT2D eigenvalue weighted by Crippen LogP contribution is -2.45. The van der Waals surface area contributed by atoms with Crippen LogP contribution in [0.15, 0.2) is 24.3 Å². The SMILES string of the molecule is CCCCOc1cccc(NC(=O)OC(CN2CCCCC2)CN2CCCCC2)c1.Cl.Cl. The van der Waals surface area contributed by atoms with E-state index in [1.54, 1.807) is 0 Å². The zero-order valence-corrected chi connectivity index (χ0v) is 21.1. The molecule has 0 atom stereocenters. The summed E-state index contributed by atoms with van der Waals surface area (Å²) < 4.78 is 11.7. The van der Waals surface area contributed by atoms with Gasteiger partial charge >= 0.3 is 6.09 Å². The summed E-state index contributed by atoms with van der Waals surface area (Å²) >= 11 is 0. The average molecular weight is 491 g/mol. The number of halogens is 2. The van der Waals surface area contributed by atoms with Crippen LogP contribution in [0.5, 0.6) is 5.75 Å². The fourth-order valence-electron chi connectivity index (χ4n) is 4.29. The molecule has 1 N–H and O–H groups in total. The monoisotopic (exact) mass is 489 g/mol. The molecule has 32 heavy (non-hydrogen) atoms. The van der Waals surface area contributed by atoms with Crippen LogP contribution in [0.3, 0.4) is 0 Å². The number of amides is 1. The quantitative estimate of drug-likeness (QED) is 0.433. The van der Waals surface area contributed by atoms with Gasteiger partial charge in [-0.15, -0.1) is 24.8 Å². The van der Waals surface area contributed by atoms with Crippen LogP contribution in [-0.2, 0) is 4.74 Å². The number of hydrogen-bond acceptors (Lipinski definition) is 5. The molecule has 0 radical (unpaired) electrons. The van der Waals surface area contributed by atoms with Crippen LogP contribution in [-0.4, -0.2) is 67.9 Å². The Morgan fingerprint density at radius 2 is 1.56 bits per heavy atom. The number of carbonyl (C=O) groups excluding carboxylic acids is 1. The van der Waals surface area contributed by atoms with E-state index >= 15 is 0 Å². The van der Waals surface area contributed by atoms with E-state index in [0.717, 1.165) is 57.9 Å². The summed E-state index contributed by atoms with van der Waals surface area (Å²) in [5.74, 6) is 0.777. The molecule has 0 saturated carbocycles. The molecule has 1 aromatic rings. The zero-order chi connectivity index (χ0) is 21.0. The number of nitrogens with zero attached hydrogens (tertiary/aromatic N) is 2. The van der Waals surface area contributed by atoms with Crippen LogP contribution in [0.2, 0.25) is 0 Å². The number of anilines is 1. The molecule has 2 aliphatic rings. The number of nitrogens with one attached hydrogen (secondary N) is 1. The Kier molecular flexibility index (Phi) is 14.8. The van der Waals surface area contributed by atoms with Gasteiger partial charge in [0, 0.05) is 24.8 Å². The van der Waals surface area contributed by atoms with Crippen molar-refractivity contribution in [1.82, 2.24) is 9.80 Å². The molecule has 2 saturated heterocycles. The Hall–Kier alpha value is -1.21. The van der Waals surface area contributed by atoms with Gasteiger partial charge in [0.25, 0.3) is 0 Å². The maximum absolute atomic E-state index is 12.7. The highest BCUT2D eigenvalue weighted by Gasteiger charge is 2.23. The second kappa shape index (κ2) is 16.4. The Morgan fingerprint density at radius 1 is 0.969 bits per heavy atom. The van der Waals surface area contributed by atoms with E-state index in [1.165, 1.54) is 38.5 Å². The maximum atomic E-state index is 12.7. The third-order valence-corrected chi connectivity index (χ3v) is 5.94. The molecular formula is C24H41Cl2N3O3. The topological polar surface area (TPSA) is 54.0 Å². The van der Waals surface area contributed by atoms with Crippen molar-refractivity contribution in [1.29, 1.82) is 0 Å². The average Bonchev–Trinajstić information content (AvgIpc) is 2.75. The molecule has 0 aromatic heterocycles. The number of hydrogen-bond donors (Lipinski definition) is 1. The highest BCUT2D eigenvalue weighted by molar-refractivity contribution is 5.86. The minimum absolute atomic E-state index is 0. The van der Waals surface area contributed by atoms with E-state index in [0.29, 0.717) is 12.3 Å². The summed E-state index contributed by atoms with van der Waals surface area (Å²) in [4.78, 5) is 17.6. The Labute approximate surface area is 206 Å². The standard InChI is InChI=1S/C24H39N3O3.2ClH/c1-2-3-17-29-22-12-10-11-21(18-22)25-24(28)30-23(19-26-13-6-4-7-14-26)20-27-15-8-5-9-16-27;;/h10-12,18,23H,2-9,13-17,19-20H2,1H3,(H,25,28);2*1H. The summed E-state index contributed by atoms with van der Waals surface area (Å²) in [6, 6.07) is 7.55. The Balaban J connectivity index is 0.00000256. The first-order valence-electron chi connectivity index (χ1n) is 11.9. The number of rotatable bonds is 10. The van der Waals surface area contributed by atoms with Crippen molar-refractivity contribution in [2.45, 2.75) is 64.4 Å². The highest BCUT2D eigenvalue weighted by atomic mass is 35.5. The van der Waals surface area contributed by atoms with Crippen LogP contribution >= 0.6 is 24.8 Å². The molecule has 0 spiro atoms. The highest BCUT2D eigenvalue weighted by Crippen LogP contribution is 2.19. The third kappa shape index (κ3) is 10.6. The molecule has 3 rings (SSSR count). The van der Waals surface area contributed by atoms with Gasteiger partial charge in [0.1, 0.15) is 11.9 Å². The van der Waals surface area contributed by atoms with E-state index in [4.69, 9.17) is 9.47 Å². The van der Waals surface area contributed by atoms with Gasteiger partial charge in [-0.1, -0.05) is 32.3 Å². The van der Waals surface area contributed by atoms with Gasteiger partial charge in [-0.3, -0.25) is 15.1 Å². The van der Waals surface area contributed by atoms with Gasteiger partial charge in [0.2, 0.25) is 0 Å².